The van der Waals surface area contributed by atoms with Crippen LogP contribution >= 0.6 is 0 Å². The number of hydrogen-bond acceptors (Lipinski definition) is 4. The molecule has 0 saturated carbocycles. The van der Waals surface area contributed by atoms with Crippen LogP contribution in [0.5, 0.6) is 5.75 Å². The van der Waals surface area contributed by atoms with E-state index in [4.69, 9.17) is 0 Å². The lowest BCUT2D eigenvalue weighted by atomic mass is 9.90. The van der Waals surface area contributed by atoms with Crippen LogP contribution in [0.1, 0.15) is 41.5 Å². The molecule has 1 atom stereocenters. The van der Waals surface area contributed by atoms with Crippen LogP contribution in [0.25, 0.3) is 0 Å². The van der Waals surface area contributed by atoms with Gasteiger partial charge in [0.2, 0.25) is 0 Å². The summed E-state index contributed by atoms with van der Waals surface area (Å²) in [5.41, 5.74) is 3.32. The van der Waals surface area contributed by atoms with Crippen molar-refractivity contribution in [3.63, 3.8) is 0 Å². The predicted octanol–water partition coefficient (Wildman–Crippen LogP) is 2.69. The molecule has 5 nitrogen and oxygen atoms in total. The van der Waals surface area contributed by atoms with Gasteiger partial charge in [-0.15, -0.1) is 0 Å². The van der Waals surface area contributed by atoms with Gasteiger partial charge in [0.25, 0.3) is 0 Å². The lowest BCUT2D eigenvalue weighted by molar-refractivity contribution is 0.0490. The van der Waals surface area contributed by atoms with Crippen LogP contribution in [0.2, 0.25) is 0 Å². The van der Waals surface area contributed by atoms with Crippen molar-refractivity contribution in [2.45, 2.75) is 39.3 Å². The number of piperidine rings is 1. The van der Waals surface area contributed by atoms with Crippen LogP contribution in [-0.2, 0) is 13.6 Å². The quantitative estimate of drug-likeness (QED) is 0.905. The maximum absolute atomic E-state index is 10.6. The molecule has 1 fully saturated rings. The number of likely N-dealkylation sites (tertiary alicyclic amines) is 1. The molecule has 3 rings (SSSR count). The Labute approximate surface area is 143 Å². The summed E-state index contributed by atoms with van der Waals surface area (Å²) in [4.78, 5) is 6.63. The van der Waals surface area contributed by atoms with E-state index in [0.717, 1.165) is 49.4 Å². The molecule has 1 saturated heterocycles. The van der Waals surface area contributed by atoms with Crippen LogP contribution in [-0.4, -0.2) is 37.8 Å². The number of phenols is 1. The summed E-state index contributed by atoms with van der Waals surface area (Å²) in [6.07, 6.45) is 4.99. The Morgan fingerprint density at radius 3 is 2.50 bits per heavy atom. The molecular weight excluding hydrogens is 302 g/mol. The number of benzene rings is 1. The fourth-order valence-corrected chi connectivity index (χ4v) is 3.53. The number of aliphatic hydroxyl groups excluding tert-OH is 1. The number of rotatable bonds is 4. The summed E-state index contributed by atoms with van der Waals surface area (Å²) in [5, 5.41) is 20.7. The van der Waals surface area contributed by atoms with Crippen LogP contribution in [0, 0.1) is 19.8 Å². The normalized spacial score (nSPS) is 18.0. The molecule has 2 heterocycles. The minimum absolute atomic E-state index is 0.246. The summed E-state index contributed by atoms with van der Waals surface area (Å²) in [6, 6.07) is 3.93. The molecule has 0 amide bonds. The summed E-state index contributed by atoms with van der Waals surface area (Å²) in [6.45, 7) is 6.71. The average molecular weight is 329 g/mol. The molecule has 2 aromatic rings. The van der Waals surface area contributed by atoms with Gasteiger partial charge >= 0.3 is 0 Å². The van der Waals surface area contributed by atoms with E-state index in [1.165, 1.54) is 5.56 Å². The van der Waals surface area contributed by atoms with E-state index in [1.54, 1.807) is 6.20 Å². The van der Waals surface area contributed by atoms with E-state index in [1.807, 2.05) is 30.8 Å². The Morgan fingerprint density at radius 2 is 1.88 bits per heavy atom. The number of imidazole rings is 1. The number of nitrogens with zero attached hydrogens (tertiary/aromatic N) is 3. The molecule has 1 unspecified atom stereocenters. The van der Waals surface area contributed by atoms with Gasteiger partial charge in [-0.2, -0.15) is 0 Å². The summed E-state index contributed by atoms with van der Waals surface area (Å²) in [5.74, 6) is 1.38. The lowest BCUT2D eigenvalue weighted by Crippen LogP contribution is -2.35. The predicted molar refractivity (Wildman–Crippen MR) is 93.7 cm³/mol. The maximum Gasteiger partial charge on any atom is 0.137 e. The molecule has 1 aromatic heterocycles. The molecule has 2 N–H and O–H groups in total. The van der Waals surface area contributed by atoms with Crippen LogP contribution in [0.3, 0.4) is 0 Å². The molecule has 5 heteroatoms. The van der Waals surface area contributed by atoms with Gasteiger partial charge in [-0.1, -0.05) is 6.07 Å². The van der Waals surface area contributed by atoms with E-state index >= 15 is 0 Å². The first-order chi connectivity index (χ1) is 11.5. The lowest BCUT2D eigenvalue weighted by Gasteiger charge is -2.34. The van der Waals surface area contributed by atoms with Crippen LogP contribution < -0.4 is 0 Å². The van der Waals surface area contributed by atoms with Gasteiger partial charge in [-0.25, -0.2) is 4.98 Å². The van der Waals surface area contributed by atoms with Gasteiger partial charge in [0.1, 0.15) is 17.7 Å². The van der Waals surface area contributed by atoms with Crippen molar-refractivity contribution in [1.29, 1.82) is 0 Å². The number of aryl methyl sites for hydroxylation is 3. The van der Waals surface area contributed by atoms with Crippen LogP contribution in [0.4, 0.5) is 0 Å². The standard InChI is InChI=1S/C19H27N3O2/c1-13-10-16(17(23)11-14(13)2)12-22-7-4-15(5-8-22)18(24)19-20-6-9-21(19)3/h6,9-11,15,18,23-24H,4-5,7-8,12H2,1-3H3. The third kappa shape index (κ3) is 3.47. The highest BCUT2D eigenvalue weighted by Crippen LogP contribution is 2.31. The highest BCUT2D eigenvalue weighted by Gasteiger charge is 2.28. The SMILES string of the molecule is Cc1cc(O)c(CN2CCC(C(O)c3nccn3C)CC2)cc1C. The van der Waals surface area contributed by atoms with E-state index < -0.39 is 6.10 Å². The van der Waals surface area contributed by atoms with Gasteiger partial charge in [-0.05, 0) is 62.9 Å². The zero-order valence-electron chi connectivity index (χ0n) is 14.7. The average Bonchev–Trinajstić information content (AvgIpc) is 2.99. The molecule has 130 valence electrons. The van der Waals surface area contributed by atoms with Crippen molar-refractivity contribution in [3.8, 4) is 5.75 Å². The Morgan fingerprint density at radius 1 is 1.21 bits per heavy atom. The number of hydrogen-bond donors (Lipinski definition) is 2. The second-order valence-electron chi connectivity index (χ2n) is 7.02. The van der Waals surface area contributed by atoms with Crippen molar-refractivity contribution in [2.24, 2.45) is 13.0 Å². The molecule has 0 radical (unpaired) electrons. The second kappa shape index (κ2) is 6.95. The minimum atomic E-state index is -0.498. The highest BCUT2D eigenvalue weighted by atomic mass is 16.3. The number of aliphatic hydroxyl groups is 1. The Balaban J connectivity index is 1.59. The van der Waals surface area contributed by atoms with Crippen molar-refractivity contribution < 1.29 is 10.2 Å². The Bertz CT molecular complexity index is 703. The zero-order valence-corrected chi connectivity index (χ0v) is 14.7. The van der Waals surface area contributed by atoms with Crippen molar-refractivity contribution in [3.05, 3.63) is 47.0 Å². The van der Waals surface area contributed by atoms with Gasteiger partial charge in [0, 0.05) is 31.5 Å². The number of phenolic OH excluding ortho intramolecular Hbond substituents is 1. The van der Waals surface area contributed by atoms with E-state index in [0.29, 0.717) is 5.75 Å². The largest absolute Gasteiger partial charge is 0.508 e. The first-order valence-corrected chi connectivity index (χ1v) is 8.62. The Hall–Kier alpha value is -1.85. The van der Waals surface area contributed by atoms with Crippen molar-refractivity contribution in [1.82, 2.24) is 14.5 Å². The fraction of sp³-hybridized carbons (Fsp3) is 0.526. The molecule has 24 heavy (non-hydrogen) atoms. The van der Waals surface area contributed by atoms with Gasteiger partial charge < -0.3 is 14.8 Å². The van der Waals surface area contributed by atoms with Gasteiger partial charge in [0.15, 0.2) is 0 Å². The van der Waals surface area contributed by atoms with Crippen LogP contribution in [0.15, 0.2) is 24.5 Å². The molecule has 0 spiro atoms. The zero-order chi connectivity index (χ0) is 17.3. The molecule has 0 bridgehead atoms. The topological polar surface area (TPSA) is 61.5 Å². The molecular formula is C19H27N3O2. The second-order valence-corrected chi connectivity index (χ2v) is 7.02. The van der Waals surface area contributed by atoms with Gasteiger partial charge in [-0.3, -0.25) is 4.90 Å². The molecule has 1 aliphatic heterocycles. The highest BCUT2D eigenvalue weighted by molar-refractivity contribution is 5.40. The summed E-state index contributed by atoms with van der Waals surface area (Å²) in [7, 11) is 1.92. The number of aromatic nitrogens is 2. The third-order valence-corrected chi connectivity index (χ3v) is 5.29. The van der Waals surface area contributed by atoms with Crippen molar-refractivity contribution >= 4 is 0 Å². The first kappa shape index (κ1) is 17.0. The van der Waals surface area contributed by atoms with E-state index in [9.17, 15) is 10.2 Å². The van der Waals surface area contributed by atoms with E-state index in [-0.39, 0.29) is 5.92 Å². The maximum atomic E-state index is 10.6. The van der Waals surface area contributed by atoms with Gasteiger partial charge in [0.05, 0.1) is 0 Å². The molecule has 0 aliphatic carbocycles. The molecule has 1 aliphatic rings. The minimum Gasteiger partial charge on any atom is -0.508 e. The monoisotopic (exact) mass is 329 g/mol. The van der Waals surface area contributed by atoms with Crippen molar-refractivity contribution in [2.75, 3.05) is 13.1 Å². The summed E-state index contributed by atoms with van der Waals surface area (Å²) >= 11 is 0. The first-order valence-electron chi connectivity index (χ1n) is 8.62. The fourth-order valence-electron chi connectivity index (χ4n) is 3.53. The third-order valence-electron chi connectivity index (χ3n) is 5.29. The molecule has 1 aromatic carbocycles. The smallest absolute Gasteiger partial charge is 0.137 e. The van der Waals surface area contributed by atoms with E-state index in [2.05, 4.69) is 22.9 Å². The Kier molecular flexibility index (Phi) is 4.92. The number of aromatic hydroxyl groups is 1. The summed E-state index contributed by atoms with van der Waals surface area (Å²) < 4.78 is 1.89.